The van der Waals surface area contributed by atoms with Crippen LogP contribution in [-0.4, -0.2) is 49.3 Å². The number of hydrogen-bond acceptors (Lipinski definition) is 7. The molecule has 0 fully saturated rings. The van der Waals surface area contributed by atoms with Crippen LogP contribution in [0.3, 0.4) is 0 Å². The molecule has 1 N–H and O–H groups in total. The van der Waals surface area contributed by atoms with Crippen molar-refractivity contribution in [2.75, 3.05) is 26.1 Å². The van der Waals surface area contributed by atoms with Crippen LogP contribution in [0.4, 0.5) is 5.82 Å². The lowest BCUT2D eigenvalue weighted by molar-refractivity contribution is 0.373. The fraction of sp³-hybridized carbons (Fsp3) is 0.238. The topological polar surface area (TPSA) is 110 Å². The van der Waals surface area contributed by atoms with Crippen molar-refractivity contribution in [2.24, 2.45) is 7.05 Å². The number of hydrogen-bond donors (Lipinski definition) is 1. The SMILES string of the molecule is COc1cccc(OC)c1S(=O)(=O)Nc1nn(C)c2cc(Cn3cccn3)cc(OC)c12. The minimum Gasteiger partial charge on any atom is -0.496 e. The van der Waals surface area contributed by atoms with Gasteiger partial charge in [-0.3, -0.25) is 14.1 Å². The molecule has 0 unspecified atom stereocenters. The van der Waals surface area contributed by atoms with Gasteiger partial charge in [-0.05, 0) is 35.9 Å². The molecule has 0 amide bonds. The fourth-order valence-corrected chi connectivity index (χ4v) is 4.90. The van der Waals surface area contributed by atoms with Gasteiger partial charge < -0.3 is 14.2 Å². The Morgan fingerprint density at radius 1 is 1.00 bits per heavy atom. The van der Waals surface area contributed by atoms with E-state index in [1.165, 1.54) is 21.3 Å². The average Bonchev–Trinajstić information content (AvgIpc) is 3.40. The molecule has 2 aromatic heterocycles. The Balaban J connectivity index is 1.81. The predicted octanol–water partition coefficient (Wildman–Crippen LogP) is 2.64. The summed E-state index contributed by atoms with van der Waals surface area (Å²) in [5, 5.41) is 9.17. The second-order valence-corrected chi connectivity index (χ2v) is 8.58. The number of aryl methyl sites for hydroxylation is 1. The predicted molar refractivity (Wildman–Crippen MR) is 119 cm³/mol. The van der Waals surface area contributed by atoms with Gasteiger partial charge in [-0.2, -0.15) is 10.2 Å². The number of nitrogens with zero attached hydrogens (tertiary/aromatic N) is 4. The van der Waals surface area contributed by atoms with Gasteiger partial charge in [0, 0.05) is 19.4 Å². The standard InChI is InChI=1S/C21H23N5O5S/c1-25-15-11-14(13-26-10-6-9-22-26)12-18(31-4)19(15)21(23-25)24-32(27,28)20-16(29-2)7-5-8-17(20)30-3/h5-12H,13H2,1-4H3,(H,23,24). The van der Waals surface area contributed by atoms with Gasteiger partial charge in [0.15, 0.2) is 10.7 Å². The molecule has 0 spiro atoms. The van der Waals surface area contributed by atoms with Crippen LogP contribution in [0.25, 0.3) is 10.9 Å². The van der Waals surface area contributed by atoms with E-state index in [1.54, 1.807) is 40.8 Å². The third-order valence-electron chi connectivity index (χ3n) is 4.98. The lowest BCUT2D eigenvalue weighted by Crippen LogP contribution is -2.16. The minimum absolute atomic E-state index is 0.113. The number of nitrogens with one attached hydrogen (secondary N) is 1. The number of methoxy groups -OCH3 is 3. The largest absolute Gasteiger partial charge is 0.496 e. The number of sulfonamides is 1. The highest BCUT2D eigenvalue weighted by Crippen LogP contribution is 2.38. The van der Waals surface area contributed by atoms with Crippen molar-refractivity contribution >= 4 is 26.7 Å². The van der Waals surface area contributed by atoms with Crippen molar-refractivity contribution < 1.29 is 22.6 Å². The lowest BCUT2D eigenvalue weighted by Gasteiger charge is -2.14. The summed E-state index contributed by atoms with van der Waals surface area (Å²) >= 11 is 0. The highest BCUT2D eigenvalue weighted by Gasteiger charge is 2.27. The van der Waals surface area contributed by atoms with Crippen molar-refractivity contribution in [3.63, 3.8) is 0 Å². The van der Waals surface area contributed by atoms with Crippen molar-refractivity contribution in [3.05, 3.63) is 54.4 Å². The summed E-state index contributed by atoms with van der Waals surface area (Å²) < 4.78 is 48.7. The number of benzene rings is 2. The van der Waals surface area contributed by atoms with Gasteiger partial charge >= 0.3 is 0 Å². The second kappa shape index (κ2) is 8.42. The third-order valence-corrected chi connectivity index (χ3v) is 6.38. The van der Waals surface area contributed by atoms with E-state index >= 15 is 0 Å². The van der Waals surface area contributed by atoms with Crippen molar-refractivity contribution in [1.82, 2.24) is 19.6 Å². The van der Waals surface area contributed by atoms with Gasteiger partial charge in [0.05, 0.1) is 38.8 Å². The number of fused-ring (bicyclic) bond motifs is 1. The Kier molecular flexibility index (Phi) is 5.66. The zero-order chi connectivity index (χ0) is 22.9. The Morgan fingerprint density at radius 2 is 1.69 bits per heavy atom. The summed E-state index contributed by atoms with van der Waals surface area (Å²) in [6.45, 7) is 0.532. The smallest absolute Gasteiger partial charge is 0.270 e. The molecule has 32 heavy (non-hydrogen) atoms. The van der Waals surface area contributed by atoms with Crippen molar-refractivity contribution in [3.8, 4) is 17.2 Å². The average molecular weight is 458 g/mol. The van der Waals surface area contributed by atoms with Gasteiger partial charge in [0.2, 0.25) is 0 Å². The molecule has 0 saturated heterocycles. The molecule has 0 radical (unpaired) electrons. The summed E-state index contributed by atoms with van der Waals surface area (Å²) in [5.41, 5.74) is 1.64. The minimum atomic E-state index is -4.10. The van der Waals surface area contributed by atoms with E-state index < -0.39 is 10.0 Å². The maximum atomic E-state index is 13.3. The molecule has 2 heterocycles. The molecule has 4 rings (SSSR count). The van der Waals surface area contributed by atoms with Crippen LogP contribution in [0, 0.1) is 0 Å². The van der Waals surface area contributed by atoms with E-state index in [0.717, 1.165) is 5.56 Å². The molecule has 0 atom stereocenters. The molecule has 10 nitrogen and oxygen atoms in total. The van der Waals surface area contributed by atoms with E-state index in [0.29, 0.717) is 23.2 Å². The lowest BCUT2D eigenvalue weighted by atomic mass is 10.1. The fourth-order valence-electron chi connectivity index (χ4n) is 3.57. The molecule has 0 aliphatic heterocycles. The number of anilines is 1. The van der Waals surface area contributed by atoms with Crippen LogP contribution >= 0.6 is 0 Å². The first-order valence-electron chi connectivity index (χ1n) is 9.62. The van der Waals surface area contributed by atoms with Crippen LogP contribution in [0.5, 0.6) is 17.2 Å². The van der Waals surface area contributed by atoms with Gasteiger partial charge in [0.1, 0.15) is 17.2 Å². The molecule has 0 bridgehead atoms. The van der Waals surface area contributed by atoms with Gasteiger partial charge in [-0.15, -0.1) is 0 Å². The van der Waals surface area contributed by atoms with Crippen LogP contribution in [0.2, 0.25) is 0 Å². The summed E-state index contributed by atoms with van der Waals surface area (Å²) in [6.07, 6.45) is 3.57. The van der Waals surface area contributed by atoms with E-state index in [9.17, 15) is 8.42 Å². The molecule has 168 valence electrons. The summed E-state index contributed by atoms with van der Waals surface area (Å²) in [4.78, 5) is -0.113. The zero-order valence-corrected chi connectivity index (χ0v) is 18.9. The van der Waals surface area contributed by atoms with Gasteiger partial charge in [0.25, 0.3) is 10.0 Å². The molecular formula is C21H23N5O5S. The Morgan fingerprint density at radius 3 is 2.28 bits per heavy atom. The quantitative estimate of drug-likeness (QED) is 0.433. The Hall–Kier alpha value is -3.73. The second-order valence-electron chi connectivity index (χ2n) is 6.97. The molecular weight excluding hydrogens is 434 g/mol. The maximum absolute atomic E-state index is 13.3. The highest BCUT2D eigenvalue weighted by molar-refractivity contribution is 7.93. The molecule has 11 heteroatoms. The van der Waals surface area contributed by atoms with Crippen molar-refractivity contribution in [1.29, 1.82) is 0 Å². The number of rotatable bonds is 8. The van der Waals surface area contributed by atoms with Crippen LogP contribution in [0.15, 0.2) is 53.7 Å². The molecule has 4 aromatic rings. The third kappa shape index (κ3) is 3.82. The first-order chi connectivity index (χ1) is 15.4. The van der Waals surface area contributed by atoms with Gasteiger partial charge in [-0.1, -0.05) is 6.07 Å². The molecule has 0 saturated carbocycles. The van der Waals surface area contributed by atoms with E-state index in [4.69, 9.17) is 14.2 Å². The van der Waals surface area contributed by atoms with E-state index in [-0.39, 0.29) is 22.2 Å². The summed E-state index contributed by atoms with van der Waals surface area (Å²) in [5.74, 6) is 0.941. The molecule has 0 aliphatic rings. The normalized spacial score (nSPS) is 11.5. The Labute approximate surface area is 185 Å². The summed E-state index contributed by atoms with van der Waals surface area (Å²) in [7, 11) is 1.96. The number of ether oxygens (including phenoxy) is 3. The number of aromatic nitrogens is 4. The first-order valence-corrected chi connectivity index (χ1v) is 11.1. The van der Waals surface area contributed by atoms with Crippen molar-refractivity contribution in [2.45, 2.75) is 11.4 Å². The van der Waals surface area contributed by atoms with Gasteiger partial charge in [-0.25, -0.2) is 8.42 Å². The van der Waals surface area contributed by atoms with Crippen LogP contribution in [0.1, 0.15) is 5.56 Å². The molecule has 0 aliphatic carbocycles. The van der Waals surface area contributed by atoms with E-state index in [2.05, 4.69) is 14.9 Å². The first kappa shape index (κ1) is 21.5. The zero-order valence-electron chi connectivity index (χ0n) is 18.1. The maximum Gasteiger partial charge on any atom is 0.270 e. The van der Waals surface area contributed by atoms with Crippen LogP contribution in [-0.2, 0) is 23.6 Å². The van der Waals surface area contributed by atoms with E-state index in [1.807, 2.05) is 24.4 Å². The highest BCUT2D eigenvalue weighted by atomic mass is 32.2. The monoisotopic (exact) mass is 457 g/mol. The summed E-state index contributed by atoms with van der Waals surface area (Å²) in [6, 6.07) is 10.4. The van der Waals surface area contributed by atoms with Crippen LogP contribution < -0.4 is 18.9 Å². The molecule has 2 aromatic carbocycles. The Bertz CT molecular complexity index is 1340.